The average molecular weight is 299 g/mol. The molecule has 106 valence electrons. The molecule has 1 saturated carbocycles. The van der Waals surface area contributed by atoms with E-state index in [0.29, 0.717) is 6.54 Å². The van der Waals surface area contributed by atoms with E-state index in [1.807, 2.05) is 4.72 Å². The summed E-state index contributed by atoms with van der Waals surface area (Å²) < 4.78 is 31.2. The third-order valence-corrected chi connectivity index (χ3v) is 4.41. The minimum atomic E-state index is -3.83. The smallest absolute Gasteiger partial charge is 0.422 e. The van der Waals surface area contributed by atoms with Gasteiger partial charge in [-0.3, -0.25) is 0 Å². The van der Waals surface area contributed by atoms with Crippen molar-refractivity contribution < 1.29 is 17.9 Å². The Bertz CT molecular complexity index is 393. The van der Waals surface area contributed by atoms with Crippen LogP contribution >= 0.6 is 11.6 Å². The van der Waals surface area contributed by atoms with Crippen LogP contribution in [-0.4, -0.2) is 43.9 Å². The monoisotopic (exact) mass is 298 g/mol. The van der Waals surface area contributed by atoms with E-state index in [0.717, 1.165) is 17.1 Å². The highest BCUT2D eigenvalue weighted by atomic mass is 35.5. The summed E-state index contributed by atoms with van der Waals surface area (Å²) in [4.78, 5) is 11.2. The molecule has 1 aliphatic rings. The molecule has 0 heterocycles. The molecule has 1 amide bonds. The molecule has 18 heavy (non-hydrogen) atoms. The number of amides is 1. The number of halogens is 1. The number of ether oxygens (including phenoxy) is 1. The summed E-state index contributed by atoms with van der Waals surface area (Å²) in [5.74, 6) is 0.259. The minimum absolute atomic E-state index is 0.143. The second-order valence-electron chi connectivity index (χ2n) is 4.78. The number of carbonyl (C=O) groups excluding carboxylic acids is 1. The Labute approximate surface area is 113 Å². The zero-order valence-corrected chi connectivity index (χ0v) is 12.3. The van der Waals surface area contributed by atoms with Crippen LogP contribution < -0.4 is 4.72 Å². The predicted molar refractivity (Wildman–Crippen MR) is 68.7 cm³/mol. The van der Waals surface area contributed by atoms with Crippen molar-refractivity contribution in [1.82, 2.24) is 9.03 Å². The SMILES string of the molecule is CC(C)OC(=O)NS(=O)(=O)N(C)CC1CC(Cl)C1. The molecule has 0 unspecified atom stereocenters. The van der Waals surface area contributed by atoms with Gasteiger partial charge in [0.15, 0.2) is 0 Å². The van der Waals surface area contributed by atoms with E-state index in [1.165, 1.54) is 7.05 Å². The minimum Gasteiger partial charge on any atom is -0.446 e. The number of carbonyl (C=O) groups is 1. The fourth-order valence-electron chi connectivity index (χ4n) is 1.69. The Morgan fingerprint density at radius 3 is 2.50 bits per heavy atom. The molecule has 1 fully saturated rings. The van der Waals surface area contributed by atoms with Gasteiger partial charge in [0.05, 0.1) is 6.10 Å². The lowest BCUT2D eigenvalue weighted by Crippen LogP contribution is -2.45. The largest absolute Gasteiger partial charge is 0.446 e. The van der Waals surface area contributed by atoms with Crippen LogP contribution in [0, 0.1) is 5.92 Å². The van der Waals surface area contributed by atoms with Gasteiger partial charge in [-0.1, -0.05) is 0 Å². The lowest BCUT2D eigenvalue weighted by molar-refractivity contribution is 0.121. The summed E-state index contributed by atoms with van der Waals surface area (Å²) >= 11 is 5.83. The van der Waals surface area contributed by atoms with Gasteiger partial charge < -0.3 is 4.74 Å². The number of alkyl halides is 1. The van der Waals surface area contributed by atoms with Crippen LogP contribution in [-0.2, 0) is 14.9 Å². The fraction of sp³-hybridized carbons (Fsp3) is 0.900. The van der Waals surface area contributed by atoms with Crippen LogP contribution in [0.25, 0.3) is 0 Å². The van der Waals surface area contributed by atoms with Gasteiger partial charge >= 0.3 is 16.3 Å². The molecule has 1 aliphatic carbocycles. The average Bonchev–Trinajstić information content (AvgIpc) is 2.12. The molecule has 1 rings (SSSR count). The van der Waals surface area contributed by atoms with E-state index in [4.69, 9.17) is 16.3 Å². The quantitative estimate of drug-likeness (QED) is 0.777. The molecule has 0 bridgehead atoms. The predicted octanol–water partition coefficient (Wildman–Crippen LogP) is 1.31. The van der Waals surface area contributed by atoms with Crippen LogP contribution in [0.3, 0.4) is 0 Å². The zero-order chi connectivity index (χ0) is 13.9. The summed E-state index contributed by atoms with van der Waals surface area (Å²) in [6.07, 6.45) is 0.283. The second-order valence-corrected chi connectivity index (χ2v) is 7.17. The van der Waals surface area contributed by atoms with Gasteiger partial charge in [0, 0.05) is 19.0 Å². The first kappa shape index (κ1) is 15.5. The van der Waals surface area contributed by atoms with E-state index >= 15 is 0 Å². The van der Waals surface area contributed by atoms with Crippen LogP contribution in [0.1, 0.15) is 26.7 Å². The van der Waals surface area contributed by atoms with Crippen molar-refractivity contribution in [3.05, 3.63) is 0 Å². The van der Waals surface area contributed by atoms with Crippen LogP contribution in [0.2, 0.25) is 0 Å². The van der Waals surface area contributed by atoms with Crippen molar-refractivity contribution in [3.63, 3.8) is 0 Å². The van der Waals surface area contributed by atoms with Gasteiger partial charge in [-0.05, 0) is 32.6 Å². The summed E-state index contributed by atoms with van der Waals surface area (Å²) in [7, 11) is -2.41. The Kier molecular flexibility index (Phi) is 5.24. The summed E-state index contributed by atoms with van der Waals surface area (Å²) in [5, 5.41) is 0.143. The molecule has 6 nitrogen and oxygen atoms in total. The first-order valence-corrected chi connectivity index (χ1v) is 7.67. The van der Waals surface area contributed by atoms with Crippen LogP contribution in [0.4, 0.5) is 4.79 Å². The highest BCUT2D eigenvalue weighted by molar-refractivity contribution is 7.87. The van der Waals surface area contributed by atoms with E-state index in [2.05, 4.69) is 0 Å². The molecule has 1 N–H and O–H groups in total. The van der Waals surface area contributed by atoms with E-state index in [-0.39, 0.29) is 17.4 Å². The Morgan fingerprint density at radius 2 is 2.06 bits per heavy atom. The first-order valence-electron chi connectivity index (χ1n) is 5.79. The molecule has 0 radical (unpaired) electrons. The van der Waals surface area contributed by atoms with Gasteiger partial charge in [-0.15, -0.1) is 11.6 Å². The number of nitrogens with zero attached hydrogens (tertiary/aromatic N) is 1. The normalized spacial score (nSPS) is 23.9. The topological polar surface area (TPSA) is 75.7 Å². The lowest BCUT2D eigenvalue weighted by atomic mass is 9.85. The van der Waals surface area contributed by atoms with Crippen molar-refractivity contribution in [2.75, 3.05) is 13.6 Å². The van der Waals surface area contributed by atoms with Crippen molar-refractivity contribution in [2.24, 2.45) is 5.92 Å². The Hall–Kier alpha value is -0.530. The van der Waals surface area contributed by atoms with Crippen molar-refractivity contribution >= 4 is 27.9 Å². The Balaban J connectivity index is 2.44. The molecule has 0 aromatic rings. The summed E-state index contributed by atoms with van der Waals surface area (Å²) in [6.45, 7) is 3.64. The van der Waals surface area contributed by atoms with E-state index in [9.17, 15) is 13.2 Å². The molecular formula is C10H19ClN2O4S. The molecule has 0 aromatic carbocycles. The standard InChI is InChI=1S/C10H19ClN2O4S/c1-7(2)17-10(14)12-18(15,16)13(3)6-8-4-9(11)5-8/h7-9H,4-6H2,1-3H3,(H,12,14). The van der Waals surface area contributed by atoms with Gasteiger partial charge in [-0.2, -0.15) is 12.7 Å². The maximum absolute atomic E-state index is 11.8. The number of hydrogen-bond acceptors (Lipinski definition) is 4. The van der Waals surface area contributed by atoms with E-state index < -0.39 is 16.3 Å². The lowest BCUT2D eigenvalue weighted by Gasteiger charge is -2.33. The maximum atomic E-state index is 11.8. The van der Waals surface area contributed by atoms with Crippen molar-refractivity contribution in [1.29, 1.82) is 0 Å². The van der Waals surface area contributed by atoms with Crippen LogP contribution in [0.5, 0.6) is 0 Å². The van der Waals surface area contributed by atoms with Crippen LogP contribution in [0.15, 0.2) is 0 Å². The molecule has 0 atom stereocenters. The fourth-order valence-corrected chi connectivity index (χ4v) is 3.01. The van der Waals surface area contributed by atoms with E-state index in [1.54, 1.807) is 13.8 Å². The molecular weight excluding hydrogens is 280 g/mol. The van der Waals surface area contributed by atoms with Gasteiger partial charge in [-0.25, -0.2) is 9.52 Å². The highest BCUT2D eigenvalue weighted by Gasteiger charge is 2.31. The molecule has 8 heteroatoms. The first-order chi connectivity index (χ1) is 8.20. The maximum Gasteiger partial charge on any atom is 0.422 e. The van der Waals surface area contributed by atoms with Crippen molar-refractivity contribution in [3.8, 4) is 0 Å². The zero-order valence-electron chi connectivity index (χ0n) is 10.7. The van der Waals surface area contributed by atoms with Gasteiger partial charge in [0.2, 0.25) is 0 Å². The number of nitrogens with one attached hydrogen (secondary N) is 1. The summed E-state index contributed by atoms with van der Waals surface area (Å²) in [5.41, 5.74) is 0. The van der Waals surface area contributed by atoms with Gasteiger partial charge in [0.1, 0.15) is 0 Å². The van der Waals surface area contributed by atoms with Crippen molar-refractivity contribution in [2.45, 2.75) is 38.2 Å². The number of rotatable bonds is 5. The highest BCUT2D eigenvalue weighted by Crippen LogP contribution is 2.32. The number of hydrogen-bond donors (Lipinski definition) is 1. The molecule has 0 saturated heterocycles. The molecule has 0 spiro atoms. The third kappa shape index (κ3) is 4.62. The summed E-state index contributed by atoms with van der Waals surface area (Å²) in [6, 6.07) is 0. The molecule has 0 aromatic heterocycles. The molecule has 0 aliphatic heterocycles. The third-order valence-electron chi connectivity index (χ3n) is 2.66. The Morgan fingerprint density at radius 1 is 1.50 bits per heavy atom. The van der Waals surface area contributed by atoms with Gasteiger partial charge in [0.25, 0.3) is 0 Å². The second kappa shape index (κ2) is 6.08.